The number of carbonyl (C=O) groups excluding carboxylic acids is 1. The van der Waals surface area contributed by atoms with E-state index < -0.39 is 10.0 Å². The third-order valence-corrected chi connectivity index (χ3v) is 6.17. The van der Waals surface area contributed by atoms with Crippen LogP contribution < -0.4 is 10.0 Å². The molecule has 32 heavy (non-hydrogen) atoms. The van der Waals surface area contributed by atoms with Crippen LogP contribution in [-0.2, 0) is 34.5 Å². The Balaban J connectivity index is 1.58. The molecule has 168 valence electrons. The van der Waals surface area contributed by atoms with Crippen LogP contribution in [0.25, 0.3) is 0 Å². The van der Waals surface area contributed by atoms with Crippen LogP contribution in [0.15, 0.2) is 83.8 Å². The third-order valence-electron chi connectivity index (χ3n) is 4.78. The first-order valence-electron chi connectivity index (χ1n) is 10.4. The minimum Gasteiger partial charge on any atom is -0.374 e. The van der Waals surface area contributed by atoms with E-state index in [0.717, 1.165) is 16.7 Å². The monoisotopic (exact) mass is 452 g/mol. The lowest BCUT2D eigenvalue weighted by Crippen LogP contribution is -2.25. The van der Waals surface area contributed by atoms with Crippen LogP contribution in [0.1, 0.15) is 40.9 Å². The van der Waals surface area contributed by atoms with Crippen LogP contribution in [-0.4, -0.2) is 20.4 Å². The standard InChI is InChI=1S/C25H28N2O4S/c1-19(2)31-18-22-13-11-21(12-14-22)16-26-25(28)23-9-6-10-24(15-23)32(29,30)27-17-20-7-4-3-5-8-20/h3-15,19,27H,16-18H2,1-2H3,(H,26,28). The number of rotatable bonds is 10. The molecule has 1 amide bonds. The van der Waals surface area contributed by atoms with E-state index in [4.69, 9.17) is 4.74 Å². The van der Waals surface area contributed by atoms with Crippen molar-refractivity contribution in [3.8, 4) is 0 Å². The SMILES string of the molecule is CC(C)OCc1ccc(CNC(=O)c2cccc(S(=O)(=O)NCc3ccccc3)c2)cc1. The summed E-state index contributed by atoms with van der Waals surface area (Å²) in [5, 5.41) is 2.84. The Hall–Kier alpha value is -3.00. The smallest absolute Gasteiger partial charge is 0.251 e. The largest absolute Gasteiger partial charge is 0.374 e. The average Bonchev–Trinajstić information content (AvgIpc) is 2.81. The zero-order valence-corrected chi connectivity index (χ0v) is 19.1. The molecule has 0 unspecified atom stereocenters. The van der Waals surface area contributed by atoms with Crippen molar-refractivity contribution < 1.29 is 17.9 Å². The van der Waals surface area contributed by atoms with Gasteiger partial charge in [0.25, 0.3) is 5.91 Å². The maximum Gasteiger partial charge on any atom is 0.251 e. The molecule has 3 aromatic carbocycles. The van der Waals surface area contributed by atoms with Gasteiger partial charge in [-0.05, 0) is 48.7 Å². The highest BCUT2D eigenvalue weighted by molar-refractivity contribution is 7.89. The fourth-order valence-electron chi connectivity index (χ4n) is 2.96. The van der Waals surface area contributed by atoms with Crippen molar-refractivity contribution in [2.45, 2.75) is 44.5 Å². The van der Waals surface area contributed by atoms with E-state index in [2.05, 4.69) is 10.0 Å². The molecule has 0 heterocycles. The predicted octanol–water partition coefficient (Wildman–Crippen LogP) is 4.02. The molecule has 0 saturated carbocycles. The number of amides is 1. The van der Waals surface area contributed by atoms with Crippen LogP contribution in [0.3, 0.4) is 0 Å². The Bertz CT molecular complexity index is 1130. The van der Waals surface area contributed by atoms with Crippen molar-refractivity contribution in [3.63, 3.8) is 0 Å². The molecule has 2 N–H and O–H groups in total. The number of hydrogen-bond donors (Lipinski definition) is 2. The quantitative estimate of drug-likeness (QED) is 0.487. The highest BCUT2D eigenvalue weighted by Crippen LogP contribution is 2.13. The molecule has 0 saturated heterocycles. The molecular weight excluding hydrogens is 424 g/mol. The number of sulfonamides is 1. The summed E-state index contributed by atoms with van der Waals surface area (Å²) in [6.45, 7) is 5.04. The van der Waals surface area contributed by atoms with Gasteiger partial charge < -0.3 is 10.1 Å². The fraction of sp³-hybridized carbons (Fsp3) is 0.240. The summed E-state index contributed by atoms with van der Waals surface area (Å²) in [5.41, 5.74) is 3.15. The van der Waals surface area contributed by atoms with Gasteiger partial charge in [0, 0.05) is 18.7 Å². The first kappa shape index (κ1) is 23.7. The van der Waals surface area contributed by atoms with Gasteiger partial charge in [-0.15, -0.1) is 0 Å². The molecule has 6 nitrogen and oxygen atoms in total. The van der Waals surface area contributed by atoms with Crippen molar-refractivity contribution in [2.24, 2.45) is 0 Å². The summed E-state index contributed by atoms with van der Waals surface area (Å²) in [4.78, 5) is 12.6. The highest BCUT2D eigenvalue weighted by atomic mass is 32.2. The minimum absolute atomic E-state index is 0.0515. The van der Waals surface area contributed by atoms with Crippen LogP contribution in [0.5, 0.6) is 0 Å². The molecule has 0 aromatic heterocycles. The van der Waals surface area contributed by atoms with Gasteiger partial charge in [0.15, 0.2) is 0 Å². The van der Waals surface area contributed by atoms with E-state index in [1.54, 1.807) is 12.1 Å². The van der Waals surface area contributed by atoms with Gasteiger partial charge in [-0.2, -0.15) is 0 Å². The summed E-state index contributed by atoms with van der Waals surface area (Å²) >= 11 is 0. The summed E-state index contributed by atoms with van der Waals surface area (Å²) in [6.07, 6.45) is 0.169. The van der Waals surface area contributed by atoms with Crippen molar-refractivity contribution in [3.05, 3.63) is 101 Å². The van der Waals surface area contributed by atoms with Crippen molar-refractivity contribution in [2.75, 3.05) is 0 Å². The summed E-state index contributed by atoms with van der Waals surface area (Å²) < 4.78 is 33.4. The maximum atomic E-state index is 12.6. The normalized spacial score (nSPS) is 11.5. The average molecular weight is 453 g/mol. The van der Waals surface area contributed by atoms with E-state index in [-0.39, 0.29) is 29.0 Å². The third kappa shape index (κ3) is 7.02. The zero-order valence-electron chi connectivity index (χ0n) is 18.2. The summed E-state index contributed by atoms with van der Waals surface area (Å²) in [5.74, 6) is -0.336. The molecular formula is C25H28N2O4S. The number of benzene rings is 3. The maximum absolute atomic E-state index is 12.6. The molecule has 0 aliphatic heterocycles. The lowest BCUT2D eigenvalue weighted by atomic mass is 10.1. The van der Waals surface area contributed by atoms with E-state index in [9.17, 15) is 13.2 Å². The molecule has 0 spiro atoms. The molecule has 3 aromatic rings. The van der Waals surface area contributed by atoms with Crippen LogP contribution in [0.4, 0.5) is 0 Å². The highest BCUT2D eigenvalue weighted by Gasteiger charge is 2.16. The van der Waals surface area contributed by atoms with E-state index in [1.165, 1.54) is 12.1 Å². The first-order chi connectivity index (χ1) is 15.3. The molecule has 3 rings (SSSR count). The molecule has 0 aliphatic carbocycles. The number of hydrogen-bond acceptors (Lipinski definition) is 4. The molecule has 0 aliphatic rings. The minimum atomic E-state index is -3.74. The molecule has 0 radical (unpaired) electrons. The topological polar surface area (TPSA) is 84.5 Å². The second-order valence-electron chi connectivity index (χ2n) is 7.70. The van der Waals surface area contributed by atoms with E-state index >= 15 is 0 Å². The van der Waals surface area contributed by atoms with Gasteiger partial charge in [0.05, 0.1) is 17.6 Å². The van der Waals surface area contributed by atoms with Crippen LogP contribution in [0.2, 0.25) is 0 Å². The second kappa shape index (κ2) is 11.0. The first-order valence-corrected chi connectivity index (χ1v) is 11.9. The number of carbonyl (C=O) groups is 1. The number of nitrogens with one attached hydrogen (secondary N) is 2. The van der Waals surface area contributed by atoms with Gasteiger partial charge in [0.1, 0.15) is 0 Å². The molecule has 0 fully saturated rings. The van der Waals surface area contributed by atoms with Crippen LogP contribution >= 0.6 is 0 Å². The molecule has 0 atom stereocenters. The van der Waals surface area contributed by atoms with E-state index in [0.29, 0.717) is 13.2 Å². The van der Waals surface area contributed by atoms with Crippen LogP contribution in [0, 0.1) is 0 Å². The Morgan fingerprint density at radius 1 is 0.844 bits per heavy atom. The lowest BCUT2D eigenvalue weighted by Gasteiger charge is -2.10. The predicted molar refractivity (Wildman–Crippen MR) is 124 cm³/mol. The number of ether oxygens (including phenoxy) is 1. The van der Waals surface area contributed by atoms with Crippen molar-refractivity contribution in [1.82, 2.24) is 10.0 Å². The van der Waals surface area contributed by atoms with Crippen molar-refractivity contribution in [1.29, 1.82) is 0 Å². The lowest BCUT2D eigenvalue weighted by molar-refractivity contribution is 0.0657. The van der Waals surface area contributed by atoms with Gasteiger partial charge in [-0.1, -0.05) is 60.7 Å². The van der Waals surface area contributed by atoms with E-state index in [1.807, 2.05) is 68.4 Å². The Kier molecular flexibility index (Phi) is 8.16. The molecule has 7 heteroatoms. The van der Waals surface area contributed by atoms with Gasteiger partial charge in [-0.3, -0.25) is 4.79 Å². The van der Waals surface area contributed by atoms with Gasteiger partial charge in [-0.25, -0.2) is 13.1 Å². The van der Waals surface area contributed by atoms with Crippen molar-refractivity contribution >= 4 is 15.9 Å². The van der Waals surface area contributed by atoms with Gasteiger partial charge >= 0.3 is 0 Å². The molecule has 0 bridgehead atoms. The Morgan fingerprint density at radius 3 is 2.19 bits per heavy atom. The Labute approximate surface area is 189 Å². The fourth-order valence-corrected chi connectivity index (χ4v) is 4.03. The second-order valence-corrected chi connectivity index (χ2v) is 9.46. The summed E-state index contributed by atoms with van der Waals surface area (Å²) in [7, 11) is -3.74. The Morgan fingerprint density at radius 2 is 1.50 bits per heavy atom. The zero-order chi connectivity index (χ0) is 23.0. The summed E-state index contributed by atoms with van der Waals surface area (Å²) in [6, 6.07) is 23.1. The van der Waals surface area contributed by atoms with Gasteiger partial charge in [0.2, 0.25) is 10.0 Å².